The van der Waals surface area contributed by atoms with Crippen molar-refractivity contribution in [1.82, 2.24) is 0 Å². The highest BCUT2D eigenvalue weighted by Crippen LogP contribution is 2.26. The number of hydrogen-bond acceptors (Lipinski definition) is 2. The third-order valence-corrected chi connectivity index (χ3v) is 3.23. The number of anilines is 1. The summed E-state index contributed by atoms with van der Waals surface area (Å²) in [6.07, 6.45) is 0. The van der Waals surface area contributed by atoms with E-state index >= 15 is 0 Å². The number of carboxylic acid groups (broad SMARTS) is 1. The number of carbonyl (C=O) groups is 1. The fourth-order valence-corrected chi connectivity index (χ4v) is 2.18. The van der Waals surface area contributed by atoms with E-state index in [1.165, 1.54) is 0 Å². The Morgan fingerprint density at radius 2 is 1.76 bits per heavy atom. The van der Waals surface area contributed by atoms with E-state index in [0.717, 1.165) is 0 Å². The Balaban J connectivity index is 2.40. The van der Waals surface area contributed by atoms with Crippen molar-refractivity contribution in [1.29, 1.82) is 0 Å². The highest BCUT2D eigenvalue weighted by Gasteiger charge is 2.25. The lowest BCUT2D eigenvalue weighted by Gasteiger charge is -2.17. The number of hydrogen-bond donors (Lipinski definition) is 2. The normalized spacial score (nSPS) is 12.0. The van der Waals surface area contributed by atoms with Crippen LogP contribution in [0.1, 0.15) is 11.6 Å². The maximum Gasteiger partial charge on any atom is 0.330 e. The van der Waals surface area contributed by atoms with Crippen LogP contribution < -0.4 is 5.32 Å². The Hall–Kier alpha value is -2.02. The van der Waals surface area contributed by atoms with Gasteiger partial charge >= 0.3 is 5.97 Å². The Morgan fingerprint density at radius 3 is 2.38 bits per heavy atom. The second-order valence-electron chi connectivity index (χ2n) is 4.21. The van der Waals surface area contributed by atoms with E-state index in [0.29, 0.717) is 22.3 Å². The van der Waals surface area contributed by atoms with Crippen molar-refractivity contribution in [2.45, 2.75) is 6.04 Å². The van der Waals surface area contributed by atoms with Gasteiger partial charge in [-0.2, -0.15) is 0 Å². The first kappa shape index (κ1) is 15.4. The SMILES string of the molecule is O=C(O)C(Nc1cccc(Br)c1)c1cc(F)c(F)cc1F. The van der Waals surface area contributed by atoms with Crippen LogP contribution in [0.5, 0.6) is 0 Å². The van der Waals surface area contributed by atoms with Crippen LogP contribution >= 0.6 is 15.9 Å². The zero-order chi connectivity index (χ0) is 15.6. The molecule has 2 rings (SSSR count). The van der Waals surface area contributed by atoms with Gasteiger partial charge in [-0.3, -0.25) is 0 Å². The van der Waals surface area contributed by atoms with Gasteiger partial charge < -0.3 is 10.4 Å². The fraction of sp³-hybridized carbons (Fsp3) is 0.0714. The van der Waals surface area contributed by atoms with Gasteiger partial charge in [0.15, 0.2) is 17.7 Å². The average Bonchev–Trinajstić information content (AvgIpc) is 2.40. The molecule has 110 valence electrons. The molecule has 0 spiro atoms. The molecule has 0 aliphatic rings. The number of halogens is 4. The van der Waals surface area contributed by atoms with Gasteiger partial charge in [0.2, 0.25) is 0 Å². The summed E-state index contributed by atoms with van der Waals surface area (Å²) in [7, 11) is 0. The molecule has 7 heteroatoms. The first-order chi connectivity index (χ1) is 9.88. The lowest BCUT2D eigenvalue weighted by molar-refractivity contribution is -0.138. The molecular weight excluding hydrogens is 351 g/mol. The first-order valence-electron chi connectivity index (χ1n) is 5.78. The molecule has 0 aliphatic carbocycles. The van der Waals surface area contributed by atoms with E-state index < -0.39 is 35.0 Å². The van der Waals surface area contributed by atoms with Gasteiger partial charge in [-0.15, -0.1) is 0 Å². The molecule has 3 nitrogen and oxygen atoms in total. The molecule has 2 N–H and O–H groups in total. The van der Waals surface area contributed by atoms with E-state index in [4.69, 9.17) is 0 Å². The molecule has 0 saturated carbocycles. The van der Waals surface area contributed by atoms with E-state index in [2.05, 4.69) is 21.2 Å². The van der Waals surface area contributed by atoms with Crippen LogP contribution in [0.15, 0.2) is 40.9 Å². The Morgan fingerprint density at radius 1 is 1.10 bits per heavy atom. The van der Waals surface area contributed by atoms with Gasteiger partial charge in [-0.1, -0.05) is 22.0 Å². The molecule has 1 atom stereocenters. The van der Waals surface area contributed by atoms with Crippen molar-refractivity contribution in [3.8, 4) is 0 Å². The predicted molar refractivity (Wildman–Crippen MR) is 74.5 cm³/mol. The van der Waals surface area contributed by atoms with Gasteiger partial charge in [0, 0.05) is 21.8 Å². The summed E-state index contributed by atoms with van der Waals surface area (Å²) in [5, 5.41) is 11.7. The highest BCUT2D eigenvalue weighted by molar-refractivity contribution is 9.10. The minimum Gasteiger partial charge on any atom is -0.479 e. The fourth-order valence-electron chi connectivity index (χ4n) is 1.78. The summed E-state index contributed by atoms with van der Waals surface area (Å²) >= 11 is 3.21. The maximum absolute atomic E-state index is 13.7. The van der Waals surface area contributed by atoms with E-state index in [9.17, 15) is 23.1 Å². The quantitative estimate of drug-likeness (QED) is 0.807. The van der Waals surface area contributed by atoms with Gasteiger partial charge in [-0.25, -0.2) is 18.0 Å². The minimum absolute atomic E-state index is 0.323. The second kappa shape index (κ2) is 6.17. The van der Waals surface area contributed by atoms with Gasteiger partial charge in [-0.05, 0) is 24.3 Å². The lowest BCUT2D eigenvalue weighted by Crippen LogP contribution is -2.22. The first-order valence-corrected chi connectivity index (χ1v) is 6.57. The molecule has 0 amide bonds. The van der Waals surface area contributed by atoms with Gasteiger partial charge in [0.1, 0.15) is 5.82 Å². The highest BCUT2D eigenvalue weighted by atomic mass is 79.9. The second-order valence-corrected chi connectivity index (χ2v) is 5.13. The van der Waals surface area contributed by atoms with Gasteiger partial charge in [0.05, 0.1) is 0 Å². The number of benzene rings is 2. The smallest absolute Gasteiger partial charge is 0.330 e. The molecule has 0 saturated heterocycles. The lowest BCUT2D eigenvalue weighted by atomic mass is 10.1. The monoisotopic (exact) mass is 359 g/mol. The largest absolute Gasteiger partial charge is 0.479 e. The van der Waals surface area contributed by atoms with Crippen LogP contribution in [0.2, 0.25) is 0 Å². The summed E-state index contributed by atoms with van der Waals surface area (Å²) < 4.78 is 40.5. The molecule has 21 heavy (non-hydrogen) atoms. The van der Waals surface area contributed by atoms with Crippen LogP contribution in [0, 0.1) is 17.5 Å². The topological polar surface area (TPSA) is 49.3 Å². The summed E-state index contributed by atoms with van der Waals surface area (Å²) in [6, 6.07) is 5.82. The molecule has 2 aromatic rings. The predicted octanol–water partition coefficient (Wildman–Crippen LogP) is 4.10. The van der Waals surface area contributed by atoms with Crippen molar-refractivity contribution in [2.75, 3.05) is 5.32 Å². The van der Waals surface area contributed by atoms with E-state index in [1.807, 2.05) is 0 Å². The molecule has 2 aromatic carbocycles. The molecule has 0 aromatic heterocycles. The molecule has 0 fully saturated rings. The maximum atomic E-state index is 13.7. The molecule has 0 bridgehead atoms. The number of nitrogens with one attached hydrogen (secondary N) is 1. The third-order valence-electron chi connectivity index (χ3n) is 2.73. The van der Waals surface area contributed by atoms with Gasteiger partial charge in [0.25, 0.3) is 0 Å². The van der Waals surface area contributed by atoms with E-state index in [1.54, 1.807) is 24.3 Å². The summed E-state index contributed by atoms with van der Waals surface area (Å²) in [4.78, 5) is 11.3. The Labute approximate surface area is 126 Å². The van der Waals surface area contributed by atoms with Crippen LogP contribution in [0.3, 0.4) is 0 Å². The molecular formula is C14H9BrF3NO2. The van der Waals surface area contributed by atoms with Crippen LogP contribution in [-0.4, -0.2) is 11.1 Å². The zero-order valence-corrected chi connectivity index (χ0v) is 12.0. The summed E-state index contributed by atoms with van der Waals surface area (Å²) in [6.45, 7) is 0. The standard InChI is InChI=1S/C14H9BrF3NO2/c15-7-2-1-3-8(4-7)19-13(14(20)21)9-5-11(17)12(18)6-10(9)16/h1-6,13,19H,(H,20,21). The molecule has 0 aliphatic heterocycles. The summed E-state index contributed by atoms with van der Waals surface area (Å²) in [5.74, 6) is -5.24. The van der Waals surface area contributed by atoms with Crippen molar-refractivity contribution >= 4 is 27.6 Å². The average molecular weight is 360 g/mol. The van der Waals surface area contributed by atoms with Crippen LogP contribution in [0.25, 0.3) is 0 Å². The minimum atomic E-state index is -1.55. The Bertz CT molecular complexity index is 694. The van der Waals surface area contributed by atoms with Crippen molar-refractivity contribution in [2.24, 2.45) is 0 Å². The molecule has 0 radical (unpaired) electrons. The van der Waals surface area contributed by atoms with Crippen LogP contribution in [-0.2, 0) is 4.79 Å². The number of aliphatic carboxylic acids is 1. The zero-order valence-electron chi connectivity index (χ0n) is 10.4. The summed E-state index contributed by atoms with van der Waals surface area (Å²) in [5.41, 5.74) is -0.0951. The number of carboxylic acids is 1. The van der Waals surface area contributed by atoms with E-state index in [-0.39, 0.29) is 0 Å². The molecule has 0 heterocycles. The number of rotatable bonds is 4. The van der Waals surface area contributed by atoms with Crippen molar-refractivity contribution < 1.29 is 23.1 Å². The third kappa shape index (κ3) is 3.55. The molecule has 1 unspecified atom stereocenters. The van der Waals surface area contributed by atoms with Crippen LogP contribution in [0.4, 0.5) is 18.9 Å². The van der Waals surface area contributed by atoms with Crippen molar-refractivity contribution in [3.63, 3.8) is 0 Å². The Kier molecular flexibility index (Phi) is 4.52. The van der Waals surface area contributed by atoms with Crippen molar-refractivity contribution in [3.05, 3.63) is 63.9 Å².